The first-order valence-electron chi connectivity index (χ1n) is 7.85. The van der Waals surface area contributed by atoms with Crippen LogP contribution in [0.15, 0.2) is 23.0 Å². The van der Waals surface area contributed by atoms with E-state index in [-0.39, 0.29) is 0 Å². The summed E-state index contributed by atoms with van der Waals surface area (Å²) in [5.74, 6) is 0.814. The zero-order valence-corrected chi connectivity index (χ0v) is 13.2. The highest BCUT2D eigenvalue weighted by molar-refractivity contribution is 7.07. The Balaban J connectivity index is 1.48. The van der Waals surface area contributed by atoms with Crippen molar-refractivity contribution in [2.45, 2.75) is 32.2 Å². The molecule has 0 N–H and O–H groups in total. The number of carbonyl (C=O) groups excluding carboxylic acids is 1. The van der Waals surface area contributed by atoms with Crippen LogP contribution in [-0.2, 0) is 11.3 Å². The number of hydrogen-bond acceptors (Lipinski definition) is 4. The highest BCUT2D eigenvalue weighted by Gasteiger charge is 2.22. The Morgan fingerprint density at radius 2 is 2.29 bits per heavy atom. The van der Waals surface area contributed by atoms with Gasteiger partial charge in [-0.2, -0.15) is 0 Å². The zero-order chi connectivity index (χ0) is 14.5. The summed E-state index contributed by atoms with van der Waals surface area (Å²) in [5, 5.41) is 2.11. The smallest absolute Gasteiger partial charge is 0.223 e. The van der Waals surface area contributed by atoms with Crippen molar-refractivity contribution in [1.29, 1.82) is 0 Å². The monoisotopic (exact) mass is 305 g/mol. The van der Waals surface area contributed by atoms with E-state index in [0.717, 1.165) is 57.7 Å². The molecule has 2 heterocycles. The van der Waals surface area contributed by atoms with E-state index in [4.69, 9.17) is 0 Å². The minimum Gasteiger partial charge on any atom is -0.341 e. The number of allylic oxidation sites excluding steroid dienone is 2. The molecule has 1 aliphatic carbocycles. The molecular weight excluding hydrogens is 282 g/mol. The van der Waals surface area contributed by atoms with Crippen LogP contribution in [-0.4, -0.2) is 46.9 Å². The van der Waals surface area contributed by atoms with E-state index in [0.29, 0.717) is 18.2 Å². The fourth-order valence-electron chi connectivity index (χ4n) is 3.14. The fourth-order valence-corrected chi connectivity index (χ4v) is 3.69. The van der Waals surface area contributed by atoms with Crippen molar-refractivity contribution in [2.24, 2.45) is 5.92 Å². The van der Waals surface area contributed by atoms with Crippen LogP contribution in [0.1, 0.15) is 31.4 Å². The van der Waals surface area contributed by atoms with Crippen molar-refractivity contribution < 1.29 is 4.79 Å². The quantitative estimate of drug-likeness (QED) is 0.802. The molecule has 3 rings (SSSR count). The van der Waals surface area contributed by atoms with Gasteiger partial charge in [-0.3, -0.25) is 9.69 Å². The Bertz CT molecular complexity index is 486. The van der Waals surface area contributed by atoms with Crippen molar-refractivity contribution in [2.75, 3.05) is 26.2 Å². The maximum atomic E-state index is 12.4. The van der Waals surface area contributed by atoms with Gasteiger partial charge in [0.1, 0.15) is 0 Å². The minimum atomic E-state index is 0.335. The summed E-state index contributed by atoms with van der Waals surface area (Å²) in [6, 6.07) is 0. The molecule has 0 aromatic carbocycles. The second-order valence-corrected chi connectivity index (χ2v) is 6.68. The van der Waals surface area contributed by atoms with E-state index in [1.54, 1.807) is 11.3 Å². The van der Waals surface area contributed by atoms with Gasteiger partial charge in [0.25, 0.3) is 0 Å². The van der Waals surface area contributed by atoms with Gasteiger partial charge in [0, 0.05) is 44.5 Å². The van der Waals surface area contributed by atoms with Gasteiger partial charge in [-0.05, 0) is 25.2 Å². The summed E-state index contributed by atoms with van der Waals surface area (Å²) < 4.78 is 0. The molecule has 0 bridgehead atoms. The average molecular weight is 305 g/mol. The first kappa shape index (κ1) is 14.7. The van der Waals surface area contributed by atoms with Gasteiger partial charge in [-0.15, -0.1) is 11.3 Å². The third-order valence-electron chi connectivity index (χ3n) is 4.36. The standard InChI is InChI=1S/C16H23N3OS/c20-16(10-14-4-1-2-5-14)19-7-3-6-18(8-9-19)11-15-12-21-13-17-15/h1,4,12-14H,2-3,5-11H2/t14-/m0/s1. The zero-order valence-electron chi connectivity index (χ0n) is 12.4. The Morgan fingerprint density at radius 3 is 3.05 bits per heavy atom. The van der Waals surface area contributed by atoms with Gasteiger partial charge in [0.05, 0.1) is 11.2 Å². The van der Waals surface area contributed by atoms with Gasteiger partial charge in [-0.1, -0.05) is 12.2 Å². The molecule has 1 aliphatic heterocycles. The molecule has 0 unspecified atom stereocenters. The molecule has 1 aromatic rings. The first-order chi connectivity index (χ1) is 10.3. The predicted octanol–water partition coefficient (Wildman–Crippen LogP) is 2.53. The topological polar surface area (TPSA) is 36.4 Å². The molecule has 4 nitrogen and oxygen atoms in total. The number of amides is 1. The second kappa shape index (κ2) is 7.18. The van der Waals surface area contributed by atoms with Crippen molar-refractivity contribution in [3.8, 4) is 0 Å². The summed E-state index contributed by atoms with van der Waals surface area (Å²) in [4.78, 5) is 21.2. The van der Waals surface area contributed by atoms with Crippen molar-refractivity contribution in [1.82, 2.24) is 14.8 Å². The largest absolute Gasteiger partial charge is 0.341 e. The summed E-state index contributed by atoms with van der Waals surface area (Å²) in [7, 11) is 0. The molecule has 21 heavy (non-hydrogen) atoms. The summed E-state index contributed by atoms with van der Waals surface area (Å²) >= 11 is 1.65. The SMILES string of the molecule is O=C(C[C@H]1C=CCC1)N1CCCN(Cc2cscn2)CC1. The van der Waals surface area contributed by atoms with E-state index >= 15 is 0 Å². The lowest BCUT2D eigenvalue weighted by Gasteiger charge is -2.22. The molecule has 1 aromatic heterocycles. The van der Waals surface area contributed by atoms with Crippen LogP contribution in [0.2, 0.25) is 0 Å². The number of hydrogen-bond donors (Lipinski definition) is 0. The highest BCUT2D eigenvalue weighted by atomic mass is 32.1. The highest BCUT2D eigenvalue weighted by Crippen LogP contribution is 2.21. The van der Waals surface area contributed by atoms with E-state index in [1.807, 2.05) is 5.51 Å². The molecule has 1 amide bonds. The first-order valence-corrected chi connectivity index (χ1v) is 8.79. The van der Waals surface area contributed by atoms with Crippen LogP contribution in [0.3, 0.4) is 0 Å². The Kier molecular flexibility index (Phi) is 5.04. The van der Waals surface area contributed by atoms with Crippen LogP contribution in [0.25, 0.3) is 0 Å². The number of aromatic nitrogens is 1. The van der Waals surface area contributed by atoms with Crippen LogP contribution in [0.4, 0.5) is 0 Å². The third-order valence-corrected chi connectivity index (χ3v) is 4.99. The van der Waals surface area contributed by atoms with E-state index in [2.05, 4.69) is 32.3 Å². The van der Waals surface area contributed by atoms with Gasteiger partial charge < -0.3 is 4.90 Å². The lowest BCUT2D eigenvalue weighted by atomic mass is 10.0. The van der Waals surface area contributed by atoms with Gasteiger partial charge in [0.2, 0.25) is 5.91 Å². The van der Waals surface area contributed by atoms with Crippen molar-refractivity contribution in [3.63, 3.8) is 0 Å². The molecule has 2 aliphatic rings. The van der Waals surface area contributed by atoms with E-state index in [1.165, 1.54) is 0 Å². The van der Waals surface area contributed by atoms with Gasteiger partial charge in [0.15, 0.2) is 0 Å². The molecule has 1 atom stereocenters. The normalized spacial score (nSPS) is 23.4. The van der Waals surface area contributed by atoms with Crippen LogP contribution in [0, 0.1) is 5.92 Å². The lowest BCUT2D eigenvalue weighted by molar-refractivity contribution is -0.131. The number of thiazole rings is 1. The van der Waals surface area contributed by atoms with E-state index in [9.17, 15) is 4.79 Å². The summed E-state index contributed by atoms with van der Waals surface area (Å²) in [5.41, 5.74) is 3.04. The molecule has 1 saturated heterocycles. The van der Waals surface area contributed by atoms with Crippen LogP contribution < -0.4 is 0 Å². The Hall–Kier alpha value is -1.20. The molecular formula is C16H23N3OS. The third kappa shape index (κ3) is 4.14. The molecule has 114 valence electrons. The number of carbonyl (C=O) groups is 1. The number of nitrogens with zero attached hydrogens (tertiary/aromatic N) is 3. The van der Waals surface area contributed by atoms with E-state index < -0.39 is 0 Å². The maximum absolute atomic E-state index is 12.4. The summed E-state index contributed by atoms with van der Waals surface area (Å²) in [6.45, 7) is 4.70. The van der Waals surface area contributed by atoms with Crippen LogP contribution >= 0.6 is 11.3 Å². The van der Waals surface area contributed by atoms with Gasteiger partial charge in [-0.25, -0.2) is 4.98 Å². The molecule has 0 spiro atoms. The van der Waals surface area contributed by atoms with Crippen LogP contribution in [0.5, 0.6) is 0 Å². The average Bonchev–Trinajstić information content (AvgIpc) is 3.11. The minimum absolute atomic E-state index is 0.335. The van der Waals surface area contributed by atoms with Crippen molar-refractivity contribution >= 4 is 17.2 Å². The molecule has 1 fully saturated rings. The molecule has 0 radical (unpaired) electrons. The summed E-state index contributed by atoms with van der Waals surface area (Å²) in [6.07, 6.45) is 8.47. The second-order valence-electron chi connectivity index (χ2n) is 5.96. The van der Waals surface area contributed by atoms with Crippen molar-refractivity contribution in [3.05, 3.63) is 28.7 Å². The Morgan fingerprint density at radius 1 is 1.33 bits per heavy atom. The molecule has 5 heteroatoms. The predicted molar refractivity (Wildman–Crippen MR) is 85.1 cm³/mol. The number of rotatable bonds is 4. The molecule has 0 saturated carbocycles. The fraction of sp³-hybridized carbons (Fsp3) is 0.625. The van der Waals surface area contributed by atoms with Gasteiger partial charge >= 0.3 is 0 Å². The maximum Gasteiger partial charge on any atom is 0.223 e. The Labute approximate surface area is 130 Å². The lowest BCUT2D eigenvalue weighted by Crippen LogP contribution is -2.35.